The van der Waals surface area contributed by atoms with Gasteiger partial charge >= 0.3 is 0 Å². The lowest BCUT2D eigenvalue weighted by Crippen LogP contribution is -2.37. The Morgan fingerprint density at radius 3 is 2.50 bits per heavy atom. The summed E-state index contributed by atoms with van der Waals surface area (Å²) >= 11 is 4.66. The van der Waals surface area contributed by atoms with Gasteiger partial charge in [-0.25, -0.2) is 0 Å². The molecule has 0 fully saturated rings. The zero-order chi connectivity index (χ0) is 11.1. The van der Waals surface area contributed by atoms with Gasteiger partial charge in [-0.2, -0.15) is 0 Å². The molecule has 0 aromatic rings. The SMILES string of the molecule is CNC(=O)CCNC(=O)C(C)C(N)=S. The first-order chi connectivity index (χ1) is 6.49. The van der Waals surface area contributed by atoms with Crippen molar-refractivity contribution in [3.63, 3.8) is 0 Å². The van der Waals surface area contributed by atoms with Crippen LogP contribution >= 0.6 is 12.2 Å². The summed E-state index contributed by atoms with van der Waals surface area (Å²) in [4.78, 5) is 22.2. The molecule has 1 atom stereocenters. The Kier molecular flexibility index (Phi) is 5.78. The second-order valence-electron chi connectivity index (χ2n) is 2.84. The summed E-state index contributed by atoms with van der Waals surface area (Å²) in [5, 5.41) is 5.01. The Hall–Kier alpha value is -1.17. The predicted molar refractivity (Wildman–Crippen MR) is 57.6 cm³/mol. The van der Waals surface area contributed by atoms with Gasteiger partial charge in [0.2, 0.25) is 11.8 Å². The molecule has 0 aromatic heterocycles. The van der Waals surface area contributed by atoms with Gasteiger partial charge in [-0.05, 0) is 6.92 Å². The highest BCUT2D eigenvalue weighted by Gasteiger charge is 2.14. The van der Waals surface area contributed by atoms with Crippen LogP contribution in [0.2, 0.25) is 0 Å². The van der Waals surface area contributed by atoms with E-state index in [1.165, 1.54) is 0 Å². The highest BCUT2D eigenvalue weighted by Crippen LogP contribution is 1.94. The maximum absolute atomic E-state index is 11.2. The number of carbonyl (C=O) groups excluding carboxylic acids is 2. The summed E-state index contributed by atoms with van der Waals surface area (Å²) in [5.74, 6) is -0.857. The van der Waals surface area contributed by atoms with Crippen LogP contribution in [0.15, 0.2) is 0 Å². The molecule has 0 heterocycles. The quantitative estimate of drug-likeness (QED) is 0.524. The molecular weight excluding hydrogens is 202 g/mol. The minimum Gasteiger partial charge on any atom is -0.393 e. The summed E-state index contributed by atoms with van der Waals surface area (Å²) in [6.45, 7) is 1.92. The van der Waals surface area contributed by atoms with Gasteiger partial charge in [0.25, 0.3) is 0 Å². The van der Waals surface area contributed by atoms with Crippen LogP contribution < -0.4 is 16.4 Å². The van der Waals surface area contributed by atoms with Gasteiger partial charge in [0.1, 0.15) is 0 Å². The van der Waals surface area contributed by atoms with E-state index in [1.807, 2.05) is 0 Å². The fourth-order valence-electron chi connectivity index (χ4n) is 0.707. The summed E-state index contributed by atoms with van der Waals surface area (Å²) in [6.07, 6.45) is 0.256. The highest BCUT2D eigenvalue weighted by atomic mass is 32.1. The van der Waals surface area contributed by atoms with Crippen LogP contribution in [0.5, 0.6) is 0 Å². The number of hydrogen-bond donors (Lipinski definition) is 3. The van der Waals surface area contributed by atoms with Crippen molar-refractivity contribution in [1.29, 1.82) is 0 Å². The van der Waals surface area contributed by atoms with E-state index in [0.29, 0.717) is 6.54 Å². The van der Waals surface area contributed by atoms with E-state index in [2.05, 4.69) is 22.9 Å². The lowest BCUT2D eigenvalue weighted by molar-refractivity contribution is -0.123. The maximum atomic E-state index is 11.2. The second-order valence-corrected chi connectivity index (χ2v) is 3.31. The third-order valence-corrected chi connectivity index (χ3v) is 2.10. The van der Waals surface area contributed by atoms with E-state index in [1.54, 1.807) is 14.0 Å². The van der Waals surface area contributed by atoms with Crippen LogP contribution in [0, 0.1) is 5.92 Å². The van der Waals surface area contributed by atoms with Gasteiger partial charge < -0.3 is 16.4 Å². The van der Waals surface area contributed by atoms with Crippen molar-refractivity contribution in [1.82, 2.24) is 10.6 Å². The zero-order valence-corrected chi connectivity index (χ0v) is 9.11. The normalized spacial score (nSPS) is 11.6. The van der Waals surface area contributed by atoms with Crippen LogP contribution in [0.3, 0.4) is 0 Å². The summed E-state index contributed by atoms with van der Waals surface area (Å²) < 4.78 is 0. The topological polar surface area (TPSA) is 84.2 Å². The van der Waals surface area contributed by atoms with Crippen molar-refractivity contribution in [2.75, 3.05) is 13.6 Å². The number of nitrogens with two attached hydrogens (primary N) is 1. The first kappa shape index (κ1) is 12.8. The third-order valence-electron chi connectivity index (χ3n) is 1.75. The Morgan fingerprint density at radius 2 is 2.07 bits per heavy atom. The molecule has 4 N–H and O–H groups in total. The number of rotatable bonds is 5. The van der Waals surface area contributed by atoms with E-state index in [-0.39, 0.29) is 23.2 Å². The second kappa shape index (κ2) is 6.31. The number of nitrogens with one attached hydrogen (secondary N) is 2. The number of hydrogen-bond acceptors (Lipinski definition) is 3. The minimum absolute atomic E-state index is 0.117. The molecular formula is C8H15N3O2S. The van der Waals surface area contributed by atoms with Crippen LogP contribution in [0.25, 0.3) is 0 Å². The highest BCUT2D eigenvalue weighted by molar-refractivity contribution is 7.80. The molecule has 5 nitrogen and oxygen atoms in total. The first-order valence-electron chi connectivity index (χ1n) is 4.26. The van der Waals surface area contributed by atoms with Gasteiger partial charge in [-0.3, -0.25) is 9.59 Å². The molecule has 0 saturated carbocycles. The Balaban J connectivity index is 3.75. The molecule has 14 heavy (non-hydrogen) atoms. The lowest BCUT2D eigenvalue weighted by Gasteiger charge is -2.09. The van der Waals surface area contributed by atoms with Crippen molar-refractivity contribution in [3.05, 3.63) is 0 Å². The van der Waals surface area contributed by atoms with E-state index in [9.17, 15) is 9.59 Å². The van der Waals surface area contributed by atoms with Gasteiger partial charge in [-0.1, -0.05) is 12.2 Å². The van der Waals surface area contributed by atoms with E-state index >= 15 is 0 Å². The molecule has 0 spiro atoms. The average molecular weight is 217 g/mol. The zero-order valence-electron chi connectivity index (χ0n) is 8.29. The molecule has 6 heteroatoms. The van der Waals surface area contributed by atoms with Crippen molar-refractivity contribution < 1.29 is 9.59 Å². The molecule has 0 aliphatic rings. The van der Waals surface area contributed by atoms with Crippen molar-refractivity contribution in [2.45, 2.75) is 13.3 Å². The van der Waals surface area contributed by atoms with Crippen molar-refractivity contribution in [2.24, 2.45) is 11.7 Å². The number of thiocarbonyl (C=S) groups is 1. The smallest absolute Gasteiger partial charge is 0.229 e. The minimum atomic E-state index is -0.491. The van der Waals surface area contributed by atoms with E-state index in [0.717, 1.165) is 0 Å². The number of carbonyl (C=O) groups is 2. The van der Waals surface area contributed by atoms with Gasteiger partial charge in [0.15, 0.2) is 0 Å². The number of amides is 2. The van der Waals surface area contributed by atoms with Crippen molar-refractivity contribution >= 4 is 29.0 Å². The van der Waals surface area contributed by atoms with Gasteiger partial charge in [0, 0.05) is 20.0 Å². The molecule has 1 unspecified atom stereocenters. The molecule has 80 valence electrons. The summed E-state index contributed by atoms with van der Waals surface area (Å²) in [7, 11) is 1.54. The summed E-state index contributed by atoms with van der Waals surface area (Å²) in [5.41, 5.74) is 5.29. The van der Waals surface area contributed by atoms with Crippen LogP contribution in [-0.2, 0) is 9.59 Å². The average Bonchev–Trinajstić information content (AvgIpc) is 2.15. The Morgan fingerprint density at radius 1 is 1.50 bits per heavy atom. The monoisotopic (exact) mass is 217 g/mol. The van der Waals surface area contributed by atoms with Crippen LogP contribution in [-0.4, -0.2) is 30.4 Å². The lowest BCUT2D eigenvalue weighted by atomic mass is 10.1. The van der Waals surface area contributed by atoms with E-state index < -0.39 is 5.92 Å². The molecule has 0 aliphatic heterocycles. The fourth-order valence-corrected chi connectivity index (χ4v) is 0.814. The standard InChI is InChI=1S/C8H15N3O2S/c1-5(7(9)14)8(13)11-4-3-6(12)10-2/h5H,3-4H2,1-2H3,(H2,9,14)(H,10,12)(H,11,13). The van der Waals surface area contributed by atoms with Crippen molar-refractivity contribution in [3.8, 4) is 0 Å². The van der Waals surface area contributed by atoms with Crippen LogP contribution in [0.4, 0.5) is 0 Å². The largest absolute Gasteiger partial charge is 0.393 e. The maximum Gasteiger partial charge on any atom is 0.229 e. The molecule has 0 radical (unpaired) electrons. The molecule has 2 amide bonds. The third kappa shape index (κ3) is 4.76. The molecule has 0 aromatic carbocycles. The molecule has 0 rings (SSSR count). The summed E-state index contributed by atoms with van der Waals surface area (Å²) in [6, 6.07) is 0. The molecule has 0 saturated heterocycles. The molecule has 0 aliphatic carbocycles. The van der Waals surface area contributed by atoms with Gasteiger partial charge in [-0.15, -0.1) is 0 Å². The van der Waals surface area contributed by atoms with E-state index in [4.69, 9.17) is 5.73 Å². The molecule has 0 bridgehead atoms. The van der Waals surface area contributed by atoms with Gasteiger partial charge in [0.05, 0.1) is 10.9 Å². The fraction of sp³-hybridized carbons (Fsp3) is 0.625. The van der Waals surface area contributed by atoms with Crippen LogP contribution in [0.1, 0.15) is 13.3 Å². The Bertz CT molecular complexity index is 243. The Labute approximate surface area is 88.4 Å². The predicted octanol–water partition coefficient (Wildman–Crippen LogP) is -0.839. The first-order valence-corrected chi connectivity index (χ1v) is 4.67.